The van der Waals surface area contributed by atoms with Gasteiger partial charge in [-0.2, -0.15) is 11.8 Å². The maximum Gasteiger partial charge on any atom is 0.237 e. The number of nitrogens with one attached hydrogen (secondary N) is 1. The van der Waals surface area contributed by atoms with Gasteiger partial charge in [0.05, 0.1) is 6.04 Å². The van der Waals surface area contributed by atoms with Crippen LogP contribution in [0, 0.1) is 0 Å². The van der Waals surface area contributed by atoms with Crippen molar-refractivity contribution in [3.05, 3.63) is 0 Å². The van der Waals surface area contributed by atoms with Gasteiger partial charge in [-0.05, 0) is 44.4 Å². The Labute approximate surface area is 127 Å². The molecule has 0 saturated carbocycles. The topological polar surface area (TPSA) is 58.4 Å². The minimum atomic E-state index is -0.351. The van der Waals surface area contributed by atoms with Gasteiger partial charge in [0.1, 0.15) is 0 Å². The molecule has 1 saturated heterocycles. The molecule has 114 valence electrons. The average Bonchev–Trinajstić information content (AvgIpc) is 2.42. The quantitative estimate of drug-likeness (QED) is 0.748. The van der Waals surface area contributed by atoms with Crippen molar-refractivity contribution in [2.24, 2.45) is 5.73 Å². The van der Waals surface area contributed by atoms with Gasteiger partial charge in [0.15, 0.2) is 0 Å². The van der Waals surface area contributed by atoms with Gasteiger partial charge in [0, 0.05) is 12.6 Å². The average molecular weight is 310 g/mol. The van der Waals surface area contributed by atoms with Gasteiger partial charge >= 0.3 is 0 Å². The van der Waals surface area contributed by atoms with E-state index in [0.29, 0.717) is 6.04 Å². The Hall–Kier alpha value is 0.0300. The Morgan fingerprint density at radius 1 is 1.53 bits per heavy atom. The first kappa shape index (κ1) is 19.0. The number of thioether (sulfide) groups is 1. The molecule has 2 atom stereocenters. The standard InChI is InChI=1S/C13H27N3OS.ClH/c1-3-16-8-5-4-6-11(16)10-15-13(17)12(14)7-9-18-2;/h11-12H,3-10,14H2,1-2H3,(H,15,17);1H/t11?,12-;/m0./s1. The van der Waals surface area contributed by atoms with E-state index in [0.717, 1.165) is 31.8 Å². The summed E-state index contributed by atoms with van der Waals surface area (Å²) in [6.07, 6.45) is 6.54. The lowest BCUT2D eigenvalue weighted by Crippen LogP contribution is -2.49. The van der Waals surface area contributed by atoms with Crippen molar-refractivity contribution in [2.75, 3.05) is 31.6 Å². The smallest absolute Gasteiger partial charge is 0.237 e. The summed E-state index contributed by atoms with van der Waals surface area (Å²) in [7, 11) is 0. The minimum absolute atomic E-state index is 0. The molecule has 1 unspecified atom stereocenters. The molecule has 0 radical (unpaired) electrons. The van der Waals surface area contributed by atoms with Gasteiger partial charge < -0.3 is 11.1 Å². The third-order valence-electron chi connectivity index (χ3n) is 3.64. The van der Waals surface area contributed by atoms with Crippen molar-refractivity contribution < 1.29 is 4.79 Å². The van der Waals surface area contributed by atoms with Crippen LogP contribution in [0.4, 0.5) is 0 Å². The van der Waals surface area contributed by atoms with Gasteiger partial charge in [0.2, 0.25) is 5.91 Å². The van der Waals surface area contributed by atoms with Gasteiger partial charge in [-0.15, -0.1) is 12.4 Å². The maximum absolute atomic E-state index is 11.8. The van der Waals surface area contributed by atoms with E-state index in [4.69, 9.17) is 5.73 Å². The number of amides is 1. The Morgan fingerprint density at radius 3 is 2.89 bits per heavy atom. The van der Waals surface area contributed by atoms with Crippen LogP contribution in [-0.2, 0) is 4.79 Å². The van der Waals surface area contributed by atoms with Gasteiger partial charge in [0.25, 0.3) is 0 Å². The highest BCUT2D eigenvalue weighted by atomic mass is 35.5. The normalized spacial score (nSPS) is 21.5. The molecule has 1 heterocycles. The van der Waals surface area contributed by atoms with Crippen LogP contribution in [-0.4, -0.2) is 54.5 Å². The molecule has 1 rings (SSSR count). The van der Waals surface area contributed by atoms with Crippen molar-refractivity contribution in [1.29, 1.82) is 0 Å². The van der Waals surface area contributed by atoms with Crippen LogP contribution < -0.4 is 11.1 Å². The second-order valence-corrected chi connectivity index (χ2v) is 5.90. The second kappa shape index (κ2) is 10.8. The summed E-state index contributed by atoms with van der Waals surface area (Å²) in [5.41, 5.74) is 5.85. The molecule has 4 nitrogen and oxygen atoms in total. The molecule has 1 fully saturated rings. The van der Waals surface area contributed by atoms with Crippen LogP contribution in [0.1, 0.15) is 32.6 Å². The van der Waals surface area contributed by atoms with E-state index in [1.807, 2.05) is 6.26 Å². The van der Waals surface area contributed by atoms with E-state index >= 15 is 0 Å². The zero-order valence-electron chi connectivity index (χ0n) is 12.1. The third kappa shape index (κ3) is 6.84. The fourth-order valence-corrected chi connectivity index (χ4v) is 2.92. The Bertz CT molecular complexity index is 256. The molecule has 0 aliphatic carbocycles. The van der Waals surface area contributed by atoms with Crippen molar-refractivity contribution in [3.8, 4) is 0 Å². The van der Waals surface area contributed by atoms with Crippen LogP contribution in [0.2, 0.25) is 0 Å². The van der Waals surface area contributed by atoms with Crippen LogP contribution in [0.5, 0.6) is 0 Å². The maximum atomic E-state index is 11.8. The lowest BCUT2D eigenvalue weighted by atomic mass is 10.0. The molecule has 3 N–H and O–H groups in total. The predicted molar refractivity (Wildman–Crippen MR) is 86.1 cm³/mol. The molecule has 0 aromatic heterocycles. The molecule has 19 heavy (non-hydrogen) atoms. The van der Waals surface area contributed by atoms with Crippen molar-refractivity contribution in [1.82, 2.24) is 10.2 Å². The lowest BCUT2D eigenvalue weighted by molar-refractivity contribution is -0.122. The zero-order chi connectivity index (χ0) is 13.4. The number of halogens is 1. The fraction of sp³-hybridized carbons (Fsp3) is 0.923. The number of carbonyl (C=O) groups excluding carboxylic acids is 1. The number of hydrogen-bond acceptors (Lipinski definition) is 4. The molecular weight excluding hydrogens is 282 g/mol. The van der Waals surface area contributed by atoms with E-state index in [9.17, 15) is 4.79 Å². The van der Waals surface area contributed by atoms with E-state index in [-0.39, 0.29) is 24.4 Å². The van der Waals surface area contributed by atoms with E-state index in [2.05, 4.69) is 17.1 Å². The number of likely N-dealkylation sites (N-methyl/N-ethyl adjacent to an activating group) is 1. The predicted octanol–water partition coefficient (Wildman–Crippen LogP) is 1.48. The summed E-state index contributed by atoms with van der Waals surface area (Å²) in [5, 5.41) is 3.01. The van der Waals surface area contributed by atoms with Crippen molar-refractivity contribution in [2.45, 2.75) is 44.7 Å². The summed E-state index contributed by atoms with van der Waals surface area (Å²) in [6, 6.07) is 0.150. The second-order valence-electron chi connectivity index (χ2n) is 4.91. The molecule has 0 aromatic carbocycles. The highest BCUT2D eigenvalue weighted by molar-refractivity contribution is 7.98. The minimum Gasteiger partial charge on any atom is -0.353 e. The molecule has 1 aliphatic heterocycles. The molecule has 1 aliphatic rings. The summed E-state index contributed by atoms with van der Waals surface area (Å²) in [5.74, 6) is 0.949. The highest BCUT2D eigenvalue weighted by Gasteiger charge is 2.22. The molecule has 1 amide bonds. The molecule has 0 spiro atoms. The Morgan fingerprint density at radius 2 is 2.26 bits per heavy atom. The number of piperidine rings is 1. The molecule has 0 aromatic rings. The number of likely N-dealkylation sites (tertiary alicyclic amines) is 1. The fourth-order valence-electron chi connectivity index (χ4n) is 2.43. The number of nitrogens with zero attached hydrogens (tertiary/aromatic N) is 1. The van der Waals surface area contributed by atoms with E-state index in [1.54, 1.807) is 11.8 Å². The summed E-state index contributed by atoms with van der Waals surface area (Å²) in [6.45, 7) is 5.17. The largest absolute Gasteiger partial charge is 0.353 e. The Kier molecular flexibility index (Phi) is 10.8. The lowest BCUT2D eigenvalue weighted by Gasteiger charge is -2.35. The van der Waals surface area contributed by atoms with Gasteiger partial charge in [-0.1, -0.05) is 13.3 Å². The van der Waals surface area contributed by atoms with E-state index < -0.39 is 0 Å². The number of hydrogen-bond donors (Lipinski definition) is 2. The number of carbonyl (C=O) groups is 1. The summed E-state index contributed by atoms with van der Waals surface area (Å²) in [4.78, 5) is 14.3. The van der Waals surface area contributed by atoms with Crippen molar-refractivity contribution in [3.63, 3.8) is 0 Å². The first-order valence-electron chi connectivity index (χ1n) is 6.95. The summed E-state index contributed by atoms with van der Waals surface area (Å²) < 4.78 is 0. The van der Waals surface area contributed by atoms with Crippen LogP contribution in [0.3, 0.4) is 0 Å². The van der Waals surface area contributed by atoms with Gasteiger partial charge in [-0.25, -0.2) is 0 Å². The number of nitrogens with two attached hydrogens (primary N) is 1. The first-order chi connectivity index (χ1) is 8.69. The van der Waals surface area contributed by atoms with Crippen LogP contribution in [0.15, 0.2) is 0 Å². The Balaban J connectivity index is 0.00000324. The highest BCUT2D eigenvalue weighted by Crippen LogP contribution is 2.15. The molecular formula is C13H28ClN3OS. The van der Waals surface area contributed by atoms with Gasteiger partial charge in [-0.3, -0.25) is 9.69 Å². The molecule has 0 bridgehead atoms. The van der Waals surface area contributed by atoms with Crippen molar-refractivity contribution >= 4 is 30.1 Å². The summed E-state index contributed by atoms with van der Waals surface area (Å²) >= 11 is 1.73. The first-order valence-corrected chi connectivity index (χ1v) is 8.34. The van der Waals surface area contributed by atoms with Crippen LogP contribution >= 0.6 is 24.2 Å². The number of rotatable bonds is 7. The zero-order valence-corrected chi connectivity index (χ0v) is 13.7. The molecule has 6 heteroatoms. The third-order valence-corrected chi connectivity index (χ3v) is 4.28. The SMILES string of the molecule is CCN1CCCCC1CNC(=O)[C@@H](N)CCSC.Cl. The van der Waals surface area contributed by atoms with Crippen LogP contribution in [0.25, 0.3) is 0 Å². The monoisotopic (exact) mass is 309 g/mol. The van der Waals surface area contributed by atoms with E-state index in [1.165, 1.54) is 19.3 Å².